The maximum Gasteiger partial charge on any atom is 0.240 e. The number of hydrogen-bond donors (Lipinski definition) is 2. The van der Waals surface area contributed by atoms with Crippen LogP contribution < -0.4 is 10.6 Å². The van der Waals surface area contributed by atoms with E-state index < -0.39 is 11.6 Å². The molecule has 1 aliphatic heterocycles. The van der Waals surface area contributed by atoms with Crippen LogP contribution in [0.25, 0.3) is 11.3 Å². The normalized spacial score (nSPS) is 14.8. The fourth-order valence-corrected chi connectivity index (χ4v) is 5.19. The number of thiazole rings is 1. The Morgan fingerprint density at radius 3 is 2.67 bits per heavy atom. The van der Waals surface area contributed by atoms with Crippen molar-refractivity contribution in [2.24, 2.45) is 5.92 Å². The summed E-state index contributed by atoms with van der Waals surface area (Å²) < 4.78 is 26.6. The van der Waals surface area contributed by atoms with Gasteiger partial charge < -0.3 is 10.6 Å². The van der Waals surface area contributed by atoms with Crippen LogP contribution in [0.4, 0.5) is 13.9 Å². The van der Waals surface area contributed by atoms with Crippen LogP contribution in [0.2, 0.25) is 0 Å². The van der Waals surface area contributed by atoms with Gasteiger partial charge in [0.25, 0.3) is 0 Å². The Kier molecular flexibility index (Phi) is 7.79. The highest BCUT2D eigenvalue weighted by Gasteiger charge is 2.26. The largest absolute Gasteiger partial charge is 0.355 e. The molecule has 3 heterocycles. The van der Waals surface area contributed by atoms with Crippen LogP contribution in [-0.2, 0) is 16.0 Å². The van der Waals surface area contributed by atoms with Gasteiger partial charge in [-0.2, -0.15) is 0 Å². The molecule has 3 aromatic rings. The third-order valence-electron chi connectivity index (χ3n) is 5.54. The summed E-state index contributed by atoms with van der Waals surface area (Å²) in [5, 5.41) is 9.90. The van der Waals surface area contributed by atoms with Crippen molar-refractivity contribution in [3.63, 3.8) is 0 Å². The summed E-state index contributed by atoms with van der Waals surface area (Å²) in [6, 6.07) is 7.65. The number of carbonyl (C=O) groups excluding carboxylic acids is 2. The summed E-state index contributed by atoms with van der Waals surface area (Å²) in [6.07, 6.45) is 2.28. The molecule has 174 valence electrons. The summed E-state index contributed by atoms with van der Waals surface area (Å²) in [4.78, 5) is 32.4. The number of nitrogens with zero attached hydrogens (tertiary/aromatic N) is 2. The predicted octanol–water partition coefficient (Wildman–Crippen LogP) is 4.16. The number of likely N-dealkylation sites (tertiary alicyclic amines) is 1. The van der Waals surface area contributed by atoms with Crippen molar-refractivity contribution < 1.29 is 18.4 Å². The minimum absolute atomic E-state index is 0.0229. The van der Waals surface area contributed by atoms with Crippen LogP contribution in [0.5, 0.6) is 0 Å². The van der Waals surface area contributed by atoms with Crippen molar-refractivity contribution in [2.45, 2.75) is 19.3 Å². The Labute approximate surface area is 198 Å². The third-order valence-corrected chi connectivity index (χ3v) is 7.24. The number of rotatable bonds is 8. The highest BCUT2D eigenvalue weighted by molar-refractivity contribution is 7.14. The van der Waals surface area contributed by atoms with Gasteiger partial charge in [0.05, 0.1) is 12.2 Å². The lowest BCUT2D eigenvalue weighted by Gasteiger charge is -2.30. The van der Waals surface area contributed by atoms with Gasteiger partial charge in [0.1, 0.15) is 0 Å². The zero-order valence-corrected chi connectivity index (χ0v) is 19.5. The number of halogens is 2. The molecule has 0 aliphatic carbocycles. The lowest BCUT2D eigenvalue weighted by atomic mass is 9.96. The quantitative estimate of drug-likeness (QED) is 0.497. The Balaban J connectivity index is 1.19. The van der Waals surface area contributed by atoms with Crippen molar-refractivity contribution >= 4 is 39.6 Å². The third kappa shape index (κ3) is 6.43. The van der Waals surface area contributed by atoms with E-state index in [0.29, 0.717) is 36.0 Å². The molecule has 0 unspecified atom stereocenters. The topological polar surface area (TPSA) is 74.3 Å². The average Bonchev–Trinajstić information content (AvgIpc) is 3.48. The minimum atomic E-state index is -0.939. The number of amides is 2. The predicted molar refractivity (Wildman–Crippen MR) is 126 cm³/mol. The zero-order chi connectivity index (χ0) is 23.2. The number of nitrogens with one attached hydrogen (secondary N) is 2. The first-order valence-corrected chi connectivity index (χ1v) is 12.5. The number of carbonyl (C=O) groups is 2. The van der Waals surface area contributed by atoms with Gasteiger partial charge in [0, 0.05) is 28.3 Å². The maximum atomic E-state index is 13.4. The molecule has 0 saturated carbocycles. The van der Waals surface area contributed by atoms with E-state index in [1.807, 2.05) is 16.3 Å². The number of hydrogen-bond acceptors (Lipinski definition) is 6. The monoisotopic (exact) mass is 490 g/mol. The summed E-state index contributed by atoms with van der Waals surface area (Å²) in [5.74, 6) is -1.98. The smallest absolute Gasteiger partial charge is 0.240 e. The molecule has 6 nitrogen and oxygen atoms in total. The van der Waals surface area contributed by atoms with Gasteiger partial charge in [0.2, 0.25) is 11.8 Å². The summed E-state index contributed by atoms with van der Waals surface area (Å²) in [7, 11) is 0. The van der Waals surface area contributed by atoms with Crippen LogP contribution in [0.3, 0.4) is 0 Å². The molecule has 1 saturated heterocycles. The number of thiophene rings is 1. The number of piperidine rings is 1. The van der Waals surface area contributed by atoms with E-state index in [4.69, 9.17) is 0 Å². The van der Waals surface area contributed by atoms with Crippen LogP contribution >= 0.6 is 22.7 Å². The van der Waals surface area contributed by atoms with Crippen molar-refractivity contribution in [2.75, 3.05) is 31.5 Å². The fraction of sp³-hybridized carbons (Fsp3) is 0.348. The van der Waals surface area contributed by atoms with E-state index in [-0.39, 0.29) is 24.3 Å². The molecule has 0 spiro atoms. The van der Waals surface area contributed by atoms with Crippen LogP contribution in [0.15, 0.2) is 41.1 Å². The van der Waals surface area contributed by atoms with E-state index in [2.05, 4.69) is 21.7 Å². The molecule has 33 heavy (non-hydrogen) atoms. The molecule has 2 amide bonds. The van der Waals surface area contributed by atoms with E-state index in [1.54, 1.807) is 16.7 Å². The molecule has 0 bridgehead atoms. The molecule has 1 fully saturated rings. The standard InChI is InChI=1S/C23H24F2N4O2S2/c24-18-4-3-16(12-19(18)25)20-14-33-23(27-20)28-21(30)13-29-9-6-15(7-10-29)22(31)26-8-5-17-2-1-11-32-17/h1-4,11-12,14-15H,5-10,13H2,(H,26,31)(H,27,28,30). The molecule has 2 aromatic heterocycles. The molecule has 1 aromatic carbocycles. The highest BCUT2D eigenvalue weighted by atomic mass is 32.1. The van der Waals surface area contributed by atoms with Gasteiger partial charge in [0.15, 0.2) is 16.8 Å². The van der Waals surface area contributed by atoms with E-state index >= 15 is 0 Å². The van der Waals surface area contributed by atoms with Crippen LogP contribution in [-0.4, -0.2) is 47.9 Å². The van der Waals surface area contributed by atoms with Gasteiger partial charge in [-0.1, -0.05) is 6.07 Å². The first-order valence-electron chi connectivity index (χ1n) is 10.7. The highest BCUT2D eigenvalue weighted by Crippen LogP contribution is 2.26. The van der Waals surface area contributed by atoms with Gasteiger partial charge in [-0.3, -0.25) is 14.5 Å². The first-order chi connectivity index (χ1) is 16.0. The van der Waals surface area contributed by atoms with E-state index in [9.17, 15) is 18.4 Å². The van der Waals surface area contributed by atoms with E-state index in [0.717, 1.165) is 31.4 Å². The van der Waals surface area contributed by atoms with Crippen molar-refractivity contribution in [1.29, 1.82) is 0 Å². The van der Waals surface area contributed by atoms with Crippen LogP contribution in [0, 0.1) is 17.6 Å². The Morgan fingerprint density at radius 1 is 1.12 bits per heavy atom. The lowest BCUT2D eigenvalue weighted by Crippen LogP contribution is -2.43. The molecule has 0 atom stereocenters. The number of benzene rings is 1. The summed E-state index contributed by atoms with van der Waals surface area (Å²) in [6.45, 7) is 2.21. The molecular formula is C23H24F2N4O2S2. The lowest BCUT2D eigenvalue weighted by molar-refractivity contribution is -0.126. The van der Waals surface area contributed by atoms with Crippen molar-refractivity contribution in [3.8, 4) is 11.3 Å². The second kappa shape index (κ2) is 11.0. The number of anilines is 1. The fourth-order valence-electron chi connectivity index (χ4n) is 3.74. The second-order valence-corrected chi connectivity index (χ2v) is 9.78. The molecular weight excluding hydrogens is 466 g/mol. The Morgan fingerprint density at radius 2 is 1.94 bits per heavy atom. The molecule has 2 N–H and O–H groups in total. The van der Waals surface area contributed by atoms with Crippen molar-refractivity contribution in [3.05, 3.63) is 57.6 Å². The second-order valence-electron chi connectivity index (χ2n) is 7.89. The average molecular weight is 491 g/mol. The molecule has 4 rings (SSSR count). The SMILES string of the molecule is O=C(CN1CCC(C(=O)NCCc2cccs2)CC1)Nc1nc(-c2ccc(F)c(F)c2)cs1. The summed E-state index contributed by atoms with van der Waals surface area (Å²) >= 11 is 2.92. The molecule has 0 radical (unpaired) electrons. The Bertz CT molecular complexity index is 1100. The van der Waals surface area contributed by atoms with Gasteiger partial charge in [-0.05, 0) is 62.0 Å². The molecule has 1 aliphatic rings. The van der Waals surface area contributed by atoms with Gasteiger partial charge >= 0.3 is 0 Å². The van der Waals surface area contributed by atoms with Crippen molar-refractivity contribution in [1.82, 2.24) is 15.2 Å². The first kappa shape index (κ1) is 23.5. The maximum absolute atomic E-state index is 13.4. The van der Waals surface area contributed by atoms with Crippen LogP contribution in [0.1, 0.15) is 17.7 Å². The van der Waals surface area contributed by atoms with Gasteiger partial charge in [-0.15, -0.1) is 22.7 Å². The number of aromatic nitrogens is 1. The van der Waals surface area contributed by atoms with Gasteiger partial charge in [-0.25, -0.2) is 13.8 Å². The van der Waals surface area contributed by atoms with E-state index in [1.165, 1.54) is 22.3 Å². The summed E-state index contributed by atoms with van der Waals surface area (Å²) in [5.41, 5.74) is 0.918. The minimum Gasteiger partial charge on any atom is -0.355 e. The zero-order valence-electron chi connectivity index (χ0n) is 17.9. The Hall–Kier alpha value is -2.69. The molecule has 10 heteroatoms.